The van der Waals surface area contributed by atoms with Crippen LogP contribution in [0.25, 0.3) is 21.8 Å². The molecule has 0 atom stereocenters. The van der Waals surface area contributed by atoms with Crippen molar-refractivity contribution in [3.63, 3.8) is 0 Å². The van der Waals surface area contributed by atoms with E-state index < -0.39 is 17.0 Å². The van der Waals surface area contributed by atoms with Crippen LogP contribution >= 0.6 is 11.6 Å². The lowest BCUT2D eigenvalue weighted by atomic mass is 10.1. The average Bonchev–Trinajstić information content (AvgIpc) is 3.52. The summed E-state index contributed by atoms with van der Waals surface area (Å²) in [5.74, 6) is 0.542. The first-order chi connectivity index (χ1) is 17.6. The van der Waals surface area contributed by atoms with Crippen molar-refractivity contribution < 1.29 is 14.3 Å². The number of imidazole rings is 1. The number of fused-ring (bicyclic) bond motifs is 2. The van der Waals surface area contributed by atoms with Gasteiger partial charge in [-0.1, -0.05) is 29.8 Å². The summed E-state index contributed by atoms with van der Waals surface area (Å²) in [6.45, 7) is 5.30. The Labute approximate surface area is 218 Å². The van der Waals surface area contributed by atoms with Gasteiger partial charge in [0.15, 0.2) is 0 Å². The molecule has 1 aliphatic carbocycles. The molecule has 2 aromatic heterocycles. The molecule has 4 aromatic rings. The van der Waals surface area contributed by atoms with Crippen molar-refractivity contribution in [1.82, 2.24) is 19.7 Å². The molecule has 37 heavy (non-hydrogen) atoms. The highest BCUT2D eigenvalue weighted by molar-refractivity contribution is 6.32. The van der Waals surface area contributed by atoms with Gasteiger partial charge in [-0.2, -0.15) is 10.4 Å². The predicted molar refractivity (Wildman–Crippen MR) is 139 cm³/mol. The molecule has 0 saturated heterocycles. The predicted octanol–water partition coefficient (Wildman–Crippen LogP) is 4.54. The largest absolute Gasteiger partial charge is 0.490 e. The van der Waals surface area contributed by atoms with Gasteiger partial charge in [0, 0.05) is 11.5 Å². The Kier molecular flexibility index (Phi) is 6.16. The number of esters is 1. The van der Waals surface area contributed by atoms with Gasteiger partial charge < -0.3 is 14.5 Å². The molecule has 0 spiro atoms. The normalized spacial score (nSPS) is 14.5. The highest BCUT2D eigenvalue weighted by Gasteiger charge is 2.44. The number of nitrogens with one attached hydrogen (secondary N) is 1. The summed E-state index contributed by atoms with van der Waals surface area (Å²) in [5.41, 5.74) is 0.512. The Morgan fingerprint density at radius 2 is 1.97 bits per heavy atom. The van der Waals surface area contributed by atoms with Crippen molar-refractivity contribution in [1.29, 1.82) is 5.26 Å². The van der Waals surface area contributed by atoms with Crippen molar-refractivity contribution in [3.05, 3.63) is 63.3 Å². The zero-order chi connectivity index (χ0) is 26.4. The molecule has 0 unspecified atom stereocenters. The smallest absolute Gasteiger partial charge is 0.328 e. The number of nitriles is 1. The molecule has 0 radical (unpaired) electrons. The second kappa shape index (κ2) is 9.20. The number of nitrogens with zero attached hydrogens (tertiary/aromatic N) is 4. The van der Waals surface area contributed by atoms with Crippen LogP contribution in [0, 0.1) is 16.7 Å². The topological polar surface area (TPSA) is 123 Å². The van der Waals surface area contributed by atoms with E-state index >= 15 is 0 Å². The SMILES string of the molecule is CC(C)(C)OC(=O)Cn1nc(Cc2nc3cc(OCC4(C#N)CC4)c(Cl)cc3[nH]2)c2ccccc2c1=O. The highest BCUT2D eigenvalue weighted by atomic mass is 35.5. The molecule has 0 amide bonds. The fraction of sp³-hybridized carbons (Fsp3) is 0.370. The molecule has 0 bridgehead atoms. The fourth-order valence-corrected chi connectivity index (χ4v) is 4.33. The first-order valence-corrected chi connectivity index (χ1v) is 12.4. The summed E-state index contributed by atoms with van der Waals surface area (Å²) in [6, 6.07) is 12.9. The lowest BCUT2D eigenvalue weighted by molar-refractivity contribution is -0.155. The van der Waals surface area contributed by atoms with Crippen LogP contribution in [0.5, 0.6) is 5.75 Å². The molecule has 1 aliphatic rings. The van der Waals surface area contributed by atoms with Gasteiger partial charge in [0.1, 0.15) is 30.3 Å². The monoisotopic (exact) mass is 519 g/mol. The van der Waals surface area contributed by atoms with Crippen LogP contribution in [0.2, 0.25) is 5.02 Å². The molecule has 5 rings (SSSR count). The Morgan fingerprint density at radius 3 is 2.65 bits per heavy atom. The third-order valence-corrected chi connectivity index (χ3v) is 6.45. The van der Waals surface area contributed by atoms with Gasteiger partial charge >= 0.3 is 5.97 Å². The van der Waals surface area contributed by atoms with Gasteiger partial charge in [-0.05, 0) is 45.7 Å². The average molecular weight is 520 g/mol. The summed E-state index contributed by atoms with van der Waals surface area (Å²) in [4.78, 5) is 33.4. The van der Waals surface area contributed by atoms with Crippen molar-refractivity contribution in [2.45, 2.75) is 52.2 Å². The first-order valence-electron chi connectivity index (χ1n) is 12.0. The third-order valence-electron chi connectivity index (χ3n) is 6.16. The van der Waals surface area contributed by atoms with E-state index in [-0.39, 0.29) is 18.5 Å². The zero-order valence-corrected chi connectivity index (χ0v) is 21.6. The first kappa shape index (κ1) is 24.8. The van der Waals surface area contributed by atoms with Crippen molar-refractivity contribution in [3.8, 4) is 11.8 Å². The Balaban J connectivity index is 1.45. The molecule has 1 saturated carbocycles. The number of hydrogen-bond acceptors (Lipinski definition) is 7. The van der Waals surface area contributed by atoms with Gasteiger partial charge in [0.25, 0.3) is 5.56 Å². The van der Waals surface area contributed by atoms with E-state index in [1.165, 1.54) is 0 Å². The Morgan fingerprint density at radius 1 is 1.24 bits per heavy atom. The minimum Gasteiger partial charge on any atom is -0.490 e. The lowest BCUT2D eigenvalue weighted by Gasteiger charge is -2.19. The second-order valence-corrected chi connectivity index (χ2v) is 10.8. The summed E-state index contributed by atoms with van der Waals surface area (Å²) >= 11 is 6.43. The molecule has 9 nitrogen and oxygen atoms in total. The van der Waals surface area contributed by atoms with E-state index in [4.69, 9.17) is 21.1 Å². The molecular weight excluding hydrogens is 494 g/mol. The summed E-state index contributed by atoms with van der Waals surface area (Å²) in [6.07, 6.45) is 1.94. The quantitative estimate of drug-likeness (QED) is 0.355. The number of carbonyl (C=O) groups excluding carboxylic acids is 1. The molecule has 2 aromatic carbocycles. The molecule has 0 aliphatic heterocycles. The Hall–Kier alpha value is -3.90. The minimum absolute atomic E-state index is 0.287. The van der Waals surface area contributed by atoms with Gasteiger partial charge in [-0.15, -0.1) is 0 Å². The van der Waals surface area contributed by atoms with Crippen LogP contribution < -0.4 is 10.3 Å². The fourth-order valence-electron chi connectivity index (χ4n) is 4.11. The van der Waals surface area contributed by atoms with E-state index in [0.29, 0.717) is 45.2 Å². The van der Waals surface area contributed by atoms with Crippen LogP contribution in [0.1, 0.15) is 45.1 Å². The summed E-state index contributed by atoms with van der Waals surface area (Å²) in [7, 11) is 0. The summed E-state index contributed by atoms with van der Waals surface area (Å²) in [5, 5.41) is 15.4. The van der Waals surface area contributed by atoms with Gasteiger partial charge in [0.2, 0.25) is 0 Å². The third kappa shape index (κ3) is 5.30. The molecule has 1 N–H and O–H groups in total. The molecular formula is C27H26ClN5O4. The van der Waals surface area contributed by atoms with Crippen LogP contribution in [0.3, 0.4) is 0 Å². The second-order valence-electron chi connectivity index (χ2n) is 10.4. The van der Waals surface area contributed by atoms with E-state index in [0.717, 1.165) is 23.0 Å². The van der Waals surface area contributed by atoms with Crippen molar-refractivity contribution in [2.24, 2.45) is 5.41 Å². The van der Waals surface area contributed by atoms with Crippen LogP contribution in [-0.4, -0.2) is 37.9 Å². The standard InChI is InChI=1S/C27H26ClN5O4/c1-26(2,3)37-24(34)13-33-25(35)17-7-5-4-6-16(17)19(32-33)12-23-30-20-10-18(28)22(11-21(20)31-23)36-15-27(14-29)8-9-27/h4-7,10-11H,8-9,12-13,15H2,1-3H3,(H,30,31). The van der Waals surface area contributed by atoms with Gasteiger partial charge in [-0.25, -0.2) is 9.67 Å². The van der Waals surface area contributed by atoms with Crippen molar-refractivity contribution >= 4 is 39.4 Å². The minimum atomic E-state index is -0.674. The number of benzene rings is 2. The van der Waals surface area contributed by atoms with E-state index in [2.05, 4.69) is 21.1 Å². The van der Waals surface area contributed by atoms with E-state index in [9.17, 15) is 14.9 Å². The number of H-pyrrole nitrogens is 1. The number of hydrogen-bond donors (Lipinski definition) is 1. The van der Waals surface area contributed by atoms with Gasteiger partial charge in [-0.3, -0.25) is 9.59 Å². The lowest BCUT2D eigenvalue weighted by Crippen LogP contribution is -2.32. The molecule has 2 heterocycles. The number of rotatable bonds is 7. The molecule has 10 heteroatoms. The van der Waals surface area contributed by atoms with Crippen molar-refractivity contribution in [2.75, 3.05) is 6.61 Å². The molecule has 1 fully saturated rings. The van der Waals surface area contributed by atoms with E-state index in [1.807, 2.05) is 12.1 Å². The van der Waals surface area contributed by atoms with Gasteiger partial charge in [0.05, 0.1) is 45.0 Å². The highest BCUT2D eigenvalue weighted by Crippen LogP contribution is 2.45. The zero-order valence-electron chi connectivity index (χ0n) is 20.8. The number of aromatic amines is 1. The maximum absolute atomic E-state index is 13.0. The van der Waals surface area contributed by atoms with Crippen LogP contribution in [0.15, 0.2) is 41.2 Å². The van der Waals surface area contributed by atoms with Crippen LogP contribution in [-0.2, 0) is 22.5 Å². The van der Waals surface area contributed by atoms with E-state index in [1.54, 1.807) is 45.0 Å². The maximum Gasteiger partial charge on any atom is 0.328 e. The number of aromatic nitrogens is 4. The Bertz CT molecular complexity index is 1620. The maximum atomic E-state index is 13.0. The number of ether oxygens (including phenoxy) is 2. The number of halogens is 1. The molecule has 190 valence electrons. The number of carbonyl (C=O) groups is 1. The summed E-state index contributed by atoms with van der Waals surface area (Å²) < 4.78 is 12.4. The van der Waals surface area contributed by atoms with Crippen LogP contribution in [0.4, 0.5) is 0 Å².